The molecule has 0 aromatic heterocycles. The van der Waals surface area contributed by atoms with E-state index in [9.17, 15) is 17.6 Å². The van der Waals surface area contributed by atoms with Crippen LogP contribution in [0, 0.1) is 5.92 Å². The summed E-state index contributed by atoms with van der Waals surface area (Å²) in [5.74, 6) is 0.288. The third-order valence-electron chi connectivity index (χ3n) is 3.08. The quantitative estimate of drug-likeness (QED) is 0.804. The lowest BCUT2D eigenvalue weighted by atomic mass is 10.0. The van der Waals surface area contributed by atoms with E-state index in [2.05, 4.69) is 4.74 Å². The van der Waals surface area contributed by atoms with Crippen molar-refractivity contribution in [2.45, 2.75) is 37.8 Å². The van der Waals surface area contributed by atoms with Gasteiger partial charge in [-0.15, -0.1) is 0 Å². The van der Waals surface area contributed by atoms with Gasteiger partial charge in [-0.05, 0) is 30.0 Å². The molecule has 1 aliphatic rings. The molecule has 2 N–H and O–H groups in total. The molecule has 0 aliphatic heterocycles. The molecular formula is C13H15F4NO. The normalized spacial score (nSPS) is 17.6. The summed E-state index contributed by atoms with van der Waals surface area (Å²) in [6.07, 6.45) is -5.31. The molecule has 1 atom stereocenters. The summed E-state index contributed by atoms with van der Waals surface area (Å²) in [7, 11) is 0. The highest BCUT2D eigenvalue weighted by molar-refractivity contribution is 5.30. The summed E-state index contributed by atoms with van der Waals surface area (Å²) in [4.78, 5) is 0. The summed E-state index contributed by atoms with van der Waals surface area (Å²) in [5.41, 5.74) is 6.56. The van der Waals surface area contributed by atoms with Crippen molar-refractivity contribution in [1.82, 2.24) is 0 Å². The van der Waals surface area contributed by atoms with Gasteiger partial charge in [0.05, 0.1) is 0 Å². The van der Waals surface area contributed by atoms with Gasteiger partial charge in [-0.2, -0.15) is 17.6 Å². The van der Waals surface area contributed by atoms with Gasteiger partial charge >= 0.3 is 12.5 Å². The Balaban J connectivity index is 2.05. The van der Waals surface area contributed by atoms with Crippen LogP contribution in [-0.2, 0) is 0 Å². The molecule has 0 spiro atoms. The van der Waals surface area contributed by atoms with Crippen LogP contribution in [0.25, 0.3) is 0 Å². The fourth-order valence-electron chi connectivity index (χ4n) is 1.86. The topological polar surface area (TPSA) is 35.2 Å². The molecule has 0 heterocycles. The van der Waals surface area contributed by atoms with E-state index in [1.165, 1.54) is 18.2 Å². The molecule has 1 aliphatic carbocycles. The summed E-state index contributed by atoms with van der Waals surface area (Å²) >= 11 is 0. The molecule has 0 radical (unpaired) electrons. The van der Waals surface area contributed by atoms with E-state index in [1.54, 1.807) is 6.07 Å². The zero-order valence-corrected chi connectivity index (χ0v) is 10.2. The van der Waals surface area contributed by atoms with Gasteiger partial charge in [0.15, 0.2) is 0 Å². The monoisotopic (exact) mass is 277 g/mol. The molecule has 1 aromatic rings. The van der Waals surface area contributed by atoms with Gasteiger partial charge in [0.2, 0.25) is 0 Å². The molecule has 19 heavy (non-hydrogen) atoms. The van der Waals surface area contributed by atoms with E-state index in [4.69, 9.17) is 5.73 Å². The highest BCUT2D eigenvalue weighted by Crippen LogP contribution is 2.37. The first kappa shape index (κ1) is 14.1. The smallest absolute Gasteiger partial charge is 0.428 e. The average Bonchev–Trinajstić information content (AvgIpc) is 3.12. The first-order valence-electron chi connectivity index (χ1n) is 6.09. The second-order valence-electron chi connectivity index (χ2n) is 4.82. The van der Waals surface area contributed by atoms with Crippen molar-refractivity contribution < 1.29 is 22.3 Å². The molecule has 2 nitrogen and oxygen atoms in total. The Morgan fingerprint density at radius 3 is 2.58 bits per heavy atom. The minimum Gasteiger partial charge on any atom is -0.428 e. The number of halogens is 4. The first-order valence-corrected chi connectivity index (χ1v) is 6.09. The van der Waals surface area contributed by atoms with E-state index in [0.29, 0.717) is 11.5 Å². The van der Waals surface area contributed by atoms with Crippen molar-refractivity contribution in [1.29, 1.82) is 0 Å². The Bertz CT molecular complexity index is 434. The van der Waals surface area contributed by atoms with Crippen LogP contribution >= 0.6 is 0 Å². The predicted octanol–water partition coefficient (Wildman–Crippen LogP) is 3.72. The lowest BCUT2D eigenvalue weighted by Crippen LogP contribution is -2.33. The summed E-state index contributed by atoms with van der Waals surface area (Å²) in [6.45, 7) is 0. The molecule has 1 saturated carbocycles. The van der Waals surface area contributed by atoms with Crippen LogP contribution in [0.2, 0.25) is 0 Å². The third kappa shape index (κ3) is 3.83. The standard InChI is InChI=1S/C13H15F4NO/c14-12(15)13(16,17)19-10-3-1-2-9(7-10)11(18)6-8-4-5-8/h1-3,7-8,11-12H,4-6,18H2/t11-/m0/s1. The zero-order chi connectivity index (χ0) is 14.0. The van der Waals surface area contributed by atoms with Crippen LogP contribution in [0.3, 0.4) is 0 Å². The maximum absolute atomic E-state index is 12.8. The number of benzene rings is 1. The van der Waals surface area contributed by atoms with Gasteiger partial charge in [0.1, 0.15) is 5.75 Å². The summed E-state index contributed by atoms with van der Waals surface area (Å²) < 4.78 is 53.7. The van der Waals surface area contributed by atoms with E-state index < -0.39 is 12.5 Å². The maximum atomic E-state index is 12.8. The van der Waals surface area contributed by atoms with E-state index in [-0.39, 0.29) is 11.8 Å². The molecule has 0 unspecified atom stereocenters. The van der Waals surface area contributed by atoms with Crippen LogP contribution in [0.1, 0.15) is 30.9 Å². The molecule has 0 amide bonds. The molecule has 1 fully saturated rings. The largest absolute Gasteiger partial charge is 0.461 e. The Morgan fingerprint density at radius 1 is 1.32 bits per heavy atom. The van der Waals surface area contributed by atoms with E-state index in [1.807, 2.05) is 0 Å². The van der Waals surface area contributed by atoms with Crippen molar-refractivity contribution in [2.24, 2.45) is 11.7 Å². The average molecular weight is 277 g/mol. The number of nitrogens with two attached hydrogens (primary N) is 1. The molecular weight excluding hydrogens is 262 g/mol. The number of ether oxygens (including phenoxy) is 1. The zero-order valence-electron chi connectivity index (χ0n) is 10.2. The molecule has 6 heteroatoms. The fraction of sp³-hybridized carbons (Fsp3) is 0.538. The fourth-order valence-corrected chi connectivity index (χ4v) is 1.86. The Kier molecular flexibility index (Phi) is 3.99. The third-order valence-corrected chi connectivity index (χ3v) is 3.08. The maximum Gasteiger partial charge on any atom is 0.461 e. The van der Waals surface area contributed by atoms with Crippen LogP contribution in [0.15, 0.2) is 24.3 Å². The van der Waals surface area contributed by atoms with Gasteiger partial charge in [0.25, 0.3) is 0 Å². The first-order chi connectivity index (χ1) is 8.88. The predicted molar refractivity (Wildman–Crippen MR) is 62.3 cm³/mol. The molecule has 106 valence electrons. The van der Waals surface area contributed by atoms with Crippen LogP contribution in [0.5, 0.6) is 5.75 Å². The van der Waals surface area contributed by atoms with Crippen molar-refractivity contribution in [3.05, 3.63) is 29.8 Å². The lowest BCUT2D eigenvalue weighted by Gasteiger charge is -2.18. The minimum absolute atomic E-state index is 0.281. The van der Waals surface area contributed by atoms with Gasteiger partial charge < -0.3 is 10.5 Å². The number of hydrogen-bond donors (Lipinski definition) is 1. The highest BCUT2D eigenvalue weighted by atomic mass is 19.3. The van der Waals surface area contributed by atoms with Crippen LogP contribution < -0.4 is 10.5 Å². The summed E-state index contributed by atoms with van der Waals surface area (Å²) in [5, 5.41) is 0. The van der Waals surface area contributed by atoms with Gasteiger partial charge in [-0.25, -0.2) is 0 Å². The number of rotatable bonds is 6. The van der Waals surface area contributed by atoms with Gasteiger partial charge in [-0.3, -0.25) is 0 Å². The van der Waals surface area contributed by atoms with Crippen molar-refractivity contribution in [2.75, 3.05) is 0 Å². The lowest BCUT2D eigenvalue weighted by molar-refractivity contribution is -0.253. The summed E-state index contributed by atoms with van der Waals surface area (Å²) in [6, 6.07) is 5.38. The number of alkyl halides is 4. The van der Waals surface area contributed by atoms with Gasteiger partial charge in [0, 0.05) is 6.04 Å². The Hall–Kier alpha value is -1.30. The van der Waals surface area contributed by atoms with Crippen molar-refractivity contribution >= 4 is 0 Å². The second-order valence-corrected chi connectivity index (χ2v) is 4.82. The molecule has 0 saturated heterocycles. The number of hydrogen-bond acceptors (Lipinski definition) is 2. The van der Waals surface area contributed by atoms with E-state index >= 15 is 0 Å². The molecule has 1 aromatic carbocycles. The van der Waals surface area contributed by atoms with Crippen molar-refractivity contribution in [3.8, 4) is 5.75 Å². The minimum atomic E-state index is -4.49. The Morgan fingerprint density at radius 2 is 2.00 bits per heavy atom. The highest BCUT2D eigenvalue weighted by Gasteiger charge is 2.44. The molecule has 2 rings (SSSR count). The van der Waals surface area contributed by atoms with Gasteiger partial charge in [-0.1, -0.05) is 25.0 Å². The van der Waals surface area contributed by atoms with Crippen LogP contribution in [-0.4, -0.2) is 12.5 Å². The van der Waals surface area contributed by atoms with Crippen LogP contribution in [0.4, 0.5) is 17.6 Å². The second kappa shape index (κ2) is 5.36. The molecule has 0 bridgehead atoms. The SMILES string of the molecule is N[C@@H](CC1CC1)c1cccc(OC(F)(F)C(F)F)c1. The van der Waals surface area contributed by atoms with Crippen molar-refractivity contribution in [3.63, 3.8) is 0 Å². The van der Waals surface area contributed by atoms with E-state index in [0.717, 1.165) is 19.3 Å². The Labute approximate surface area is 108 Å².